The van der Waals surface area contributed by atoms with Crippen LogP contribution < -0.4 is 0 Å². The first-order chi connectivity index (χ1) is 11.5. The fourth-order valence-electron chi connectivity index (χ4n) is 3.93. The van der Waals surface area contributed by atoms with Gasteiger partial charge in [-0.3, -0.25) is 19.8 Å². The molecule has 24 heavy (non-hydrogen) atoms. The van der Waals surface area contributed by atoms with Gasteiger partial charge in [0.05, 0.1) is 4.92 Å². The molecule has 6 heteroatoms. The lowest BCUT2D eigenvalue weighted by Crippen LogP contribution is -2.52. The number of carbonyl (C=O) groups excluding carboxylic acids is 1. The van der Waals surface area contributed by atoms with Crippen molar-refractivity contribution < 1.29 is 9.72 Å². The van der Waals surface area contributed by atoms with Gasteiger partial charge in [0.15, 0.2) is 0 Å². The number of hydrogen-bond acceptors (Lipinski definition) is 4. The Morgan fingerprint density at radius 2 is 1.79 bits per heavy atom. The maximum atomic E-state index is 12.6. The smallest absolute Gasteiger partial charge is 0.269 e. The molecule has 1 aromatic rings. The Balaban J connectivity index is 1.55. The van der Waals surface area contributed by atoms with Crippen molar-refractivity contribution in [3.63, 3.8) is 0 Å². The molecule has 0 radical (unpaired) electrons. The predicted molar refractivity (Wildman–Crippen MR) is 92.0 cm³/mol. The minimum absolute atomic E-state index is 0.0165. The molecule has 0 N–H and O–H groups in total. The van der Waals surface area contributed by atoms with Crippen LogP contribution in [-0.4, -0.2) is 52.9 Å². The Hall–Kier alpha value is -1.95. The number of rotatable bonds is 3. The summed E-state index contributed by atoms with van der Waals surface area (Å²) in [4.78, 5) is 27.2. The van der Waals surface area contributed by atoms with Crippen molar-refractivity contribution >= 4 is 11.6 Å². The molecular weight excluding hydrogens is 306 g/mol. The summed E-state index contributed by atoms with van der Waals surface area (Å²) in [5.41, 5.74) is 0.545. The third kappa shape index (κ3) is 3.75. The Morgan fingerprint density at radius 1 is 1.12 bits per heavy atom. The van der Waals surface area contributed by atoms with Crippen LogP contribution >= 0.6 is 0 Å². The van der Waals surface area contributed by atoms with E-state index in [0.717, 1.165) is 32.1 Å². The van der Waals surface area contributed by atoms with E-state index in [1.807, 2.05) is 4.90 Å². The Labute approximate surface area is 142 Å². The Bertz CT molecular complexity index is 594. The number of nitro benzene ring substituents is 1. The number of carbonyl (C=O) groups is 1. The summed E-state index contributed by atoms with van der Waals surface area (Å²) in [7, 11) is 0. The normalized spacial score (nSPS) is 25.5. The van der Waals surface area contributed by atoms with E-state index >= 15 is 0 Å². The van der Waals surface area contributed by atoms with Crippen LogP contribution in [-0.2, 0) is 0 Å². The van der Waals surface area contributed by atoms with E-state index in [1.54, 1.807) is 12.1 Å². The number of non-ortho nitro benzene ring substituents is 1. The summed E-state index contributed by atoms with van der Waals surface area (Å²) in [6, 6.07) is 6.57. The molecule has 1 aromatic carbocycles. The number of amides is 1. The molecule has 0 unspecified atom stereocenters. The number of nitro groups is 1. The van der Waals surface area contributed by atoms with Gasteiger partial charge in [-0.25, -0.2) is 0 Å². The SMILES string of the molecule is C[C@@H]1CCC[C@H](N2CCN(C(=O)c3ccc([N+](=O)[O-])cc3)CC2)C1. The summed E-state index contributed by atoms with van der Waals surface area (Å²) in [6.45, 7) is 5.66. The van der Waals surface area contributed by atoms with Crippen LogP contribution in [0.15, 0.2) is 24.3 Å². The largest absolute Gasteiger partial charge is 0.336 e. The summed E-state index contributed by atoms with van der Waals surface area (Å²) in [5, 5.41) is 10.7. The van der Waals surface area contributed by atoms with Crippen molar-refractivity contribution in [2.45, 2.75) is 38.6 Å². The van der Waals surface area contributed by atoms with E-state index in [1.165, 1.54) is 37.8 Å². The molecule has 1 aliphatic carbocycles. The molecule has 2 atom stereocenters. The van der Waals surface area contributed by atoms with Crippen molar-refractivity contribution in [2.75, 3.05) is 26.2 Å². The lowest BCUT2D eigenvalue weighted by atomic mass is 9.86. The van der Waals surface area contributed by atoms with Crippen LogP contribution in [0.5, 0.6) is 0 Å². The standard InChI is InChI=1S/C18H25N3O3/c1-14-3-2-4-17(13-14)19-9-11-20(12-10-19)18(22)15-5-7-16(8-6-15)21(23)24/h5-8,14,17H,2-4,9-13H2,1H3/t14-,17+/m1/s1. The number of benzene rings is 1. The van der Waals surface area contributed by atoms with Crippen LogP contribution in [0, 0.1) is 16.0 Å². The predicted octanol–water partition coefficient (Wildman–Crippen LogP) is 2.93. The summed E-state index contributed by atoms with van der Waals surface area (Å²) >= 11 is 0. The van der Waals surface area contributed by atoms with Gasteiger partial charge in [-0.1, -0.05) is 19.8 Å². The number of piperazine rings is 1. The van der Waals surface area contributed by atoms with Crippen LogP contribution in [0.1, 0.15) is 43.0 Å². The third-order valence-corrected chi connectivity index (χ3v) is 5.35. The maximum absolute atomic E-state index is 12.6. The van der Waals surface area contributed by atoms with Crippen LogP contribution in [0.2, 0.25) is 0 Å². The van der Waals surface area contributed by atoms with E-state index in [-0.39, 0.29) is 11.6 Å². The molecule has 0 aromatic heterocycles. The highest BCUT2D eigenvalue weighted by Crippen LogP contribution is 2.28. The van der Waals surface area contributed by atoms with Crippen LogP contribution in [0.25, 0.3) is 0 Å². The lowest BCUT2D eigenvalue weighted by Gasteiger charge is -2.42. The van der Waals surface area contributed by atoms with Gasteiger partial charge in [-0.2, -0.15) is 0 Å². The minimum Gasteiger partial charge on any atom is -0.336 e. The molecule has 0 spiro atoms. The molecule has 2 aliphatic rings. The average Bonchev–Trinajstić information content (AvgIpc) is 2.61. The maximum Gasteiger partial charge on any atom is 0.269 e. The van der Waals surface area contributed by atoms with Gasteiger partial charge >= 0.3 is 0 Å². The molecule has 130 valence electrons. The highest BCUT2D eigenvalue weighted by molar-refractivity contribution is 5.94. The molecule has 1 heterocycles. The van der Waals surface area contributed by atoms with Crippen LogP contribution in [0.3, 0.4) is 0 Å². The Kier molecular flexibility index (Phi) is 5.14. The third-order valence-electron chi connectivity index (χ3n) is 5.35. The quantitative estimate of drug-likeness (QED) is 0.631. The number of nitrogens with zero attached hydrogens (tertiary/aromatic N) is 3. The van der Waals surface area contributed by atoms with Crippen molar-refractivity contribution in [1.29, 1.82) is 0 Å². The first kappa shape index (κ1) is 16.9. The summed E-state index contributed by atoms with van der Waals surface area (Å²) in [6.07, 6.45) is 5.21. The van der Waals surface area contributed by atoms with Gasteiger partial charge in [0.25, 0.3) is 11.6 Å². The van der Waals surface area contributed by atoms with Crippen molar-refractivity contribution in [3.8, 4) is 0 Å². The summed E-state index contributed by atoms with van der Waals surface area (Å²) < 4.78 is 0. The minimum atomic E-state index is -0.446. The fourth-order valence-corrected chi connectivity index (χ4v) is 3.93. The topological polar surface area (TPSA) is 66.7 Å². The first-order valence-corrected chi connectivity index (χ1v) is 8.82. The van der Waals surface area contributed by atoms with Gasteiger partial charge in [-0.05, 0) is 30.9 Å². The Morgan fingerprint density at radius 3 is 2.38 bits per heavy atom. The van der Waals surface area contributed by atoms with E-state index in [9.17, 15) is 14.9 Å². The molecule has 6 nitrogen and oxygen atoms in total. The van der Waals surface area contributed by atoms with E-state index < -0.39 is 4.92 Å². The zero-order valence-corrected chi connectivity index (χ0v) is 14.2. The highest BCUT2D eigenvalue weighted by Gasteiger charge is 2.29. The van der Waals surface area contributed by atoms with E-state index in [4.69, 9.17) is 0 Å². The second-order valence-corrected chi connectivity index (χ2v) is 7.06. The molecule has 1 aliphatic heterocycles. The average molecular weight is 331 g/mol. The van der Waals surface area contributed by atoms with Gasteiger partial charge in [0.1, 0.15) is 0 Å². The van der Waals surface area contributed by atoms with Crippen molar-refractivity contribution in [1.82, 2.24) is 9.80 Å². The van der Waals surface area contributed by atoms with Crippen LogP contribution in [0.4, 0.5) is 5.69 Å². The lowest BCUT2D eigenvalue weighted by molar-refractivity contribution is -0.384. The van der Waals surface area contributed by atoms with Gasteiger partial charge in [-0.15, -0.1) is 0 Å². The van der Waals surface area contributed by atoms with E-state index in [0.29, 0.717) is 11.6 Å². The molecule has 3 rings (SSSR count). The highest BCUT2D eigenvalue weighted by atomic mass is 16.6. The van der Waals surface area contributed by atoms with E-state index in [2.05, 4.69) is 11.8 Å². The fraction of sp³-hybridized carbons (Fsp3) is 0.611. The second-order valence-electron chi connectivity index (χ2n) is 7.06. The zero-order chi connectivity index (χ0) is 17.1. The van der Waals surface area contributed by atoms with Crippen molar-refractivity contribution in [2.24, 2.45) is 5.92 Å². The molecular formula is C18H25N3O3. The first-order valence-electron chi connectivity index (χ1n) is 8.82. The molecule has 1 amide bonds. The van der Waals surface area contributed by atoms with Gasteiger partial charge in [0, 0.05) is 49.9 Å². The van der Waals surface area contributed by atoms with Crippen molar-refractivity contribution in [3.05, 3.63) is 39.9 Å². The monoisotopic (exact) mass is 331 g/mol. The second kappa shape index (κ2) is 7.30. The van der Waals surface area contributed by atoms with Gasteiger partial charge < -0.3 is 4.90 Å². The summed E-state index contributed by atoms with van der Waals surface area (Å²) in [5.74, 6) is 0.782. The molecule has 1 saturated heterocycles. The molecule has 2 fully saturated rings. The zero-order valence-electron chi connectivity index (χ0n) is 14.2. The molecule has 0 bridgehead atoms. The molecule has 1 saturated carbocycles. The van der Waals surface area contributed by atoms with Gasteiger partial charge in [0.2, 0.25) is 0 Å². The number of hydrogen-bond donors (Lipinski definition) is 0.